The highest BCUT2D eigenvalue weighted by atomic mass is 19.1. The van der Waals surface area contributed by atoms with Gasteiger partial charge in [0, 0.05) is 18.4 Å². The number of hydrogen-bond acceptors (Lipinski definition) is 4. The number of anilines is 1. The van der Waals surface area contributed by atoms with Crippen molar-refractivity contribution in [2.45, 2.75) is 19.8 Å². The van der Waals surface area contributed by atoms with E-state index in [9.17, 15) is 13.6 Å². The predicted octanol–water partition coefficient (Wildman–Crippen LogP) is 4.59. The van der Waals surface area contributed by atoms with Crippen molar-refractivity contribution in [2.75, 3.05) is 11.9 Å². The summed E-state index contributed by atoms with van der Waals surface area (Å²) in [5.74, 6) is -0.482. The fourth-order valence-electron chi connectivity index (χ4n) is 2.48. The van der Waals surface area contributed by atoms with E-state index in [0.717, 1.165) is 23.4 Å². The van der Waals surface area contributed by atoms with Crippen LogP contribution in [0.4, 0.5) is 14.5 Å². The van der Waals surface area contributed by atoms with Gasteiger partial charge in [-0.1, -0.05) is 6.07 Å². The van der Waals surface area contributed by atoms with E-state index in [1.165, 1.54) is 6.07 Å². The molecule has 0 aliphatic heterocycles. The molecule has 0 aliphatic carbocycles. The number of hydrogen-bond donors (Lipinski definition) is 1. The van der Waals surface area contributed by atoms with Gasteiger partial charge in [-0.15, -0.1) is 0 Å². The quantitative estimate of drug-likeness (QED) is 0.659. The van der Waals surface area contributed by atoms with Crippen LogP contribution in [-0.2, 0) is 11.2 Å². The van der Waals surface area contributed by atoms with Crippen molar-refractivity contribution in [3.63, 3.8) is 0 Å². The summed E-state index contributed by atoms with van der Waals surface area (Å²) >= 11 is 0. The molecular formula is C20H18F2N2O3. The number of aromatic nitrogens is 1. The monoisotopic (exact) mass is 372 g/mol. The molecule has 0 atom stereocenters. The van der Waals surface area contributed by atoms with Crippen LogP contribution in [0.5, 0.6) is 5.75 Å². The van der Waals surface area contributed by atoms with Gasteiger partial charge in [0.1, 0.15) is 23.1 Å². The van der Waals surface area contributed by atoms with Crippen LogP contribution in [-0.4, -0.2) is 17.5 Å². The molecule has 3 rings (SSSR count). The van der Waals surface area contributed by atoms with Gasteiger partial charge in [0.2, 0.25) is 5.91 Å². The zero-order valence-electron chi connectivity index (χ0n) is 14.7. The molecule has 0 spiro atoms. The van der Waals surface area contributed by atoms with Gasteiger partial charge in [-0.05, 0) is 43.3 Å². The molecule has 0 aliphatic rings. The third-order valence-corrected chi connectivity index (χ3v) is 3.80. The average Bonchev–Trinajstić information content (AvgIpc) is 3.13. The van der Waals surface area contributed by atoms with Crippen molar-refractivity contribution in [3.05, 3.63) is 66.2 Å². The third-order valence-electron chi connectivity index (χ3n) is 3.80. The van der Waals surface area contributed by atoms with E-state index in [-0.39, 0.29) is 12.8 Å². The second-order valence-electron chi connectivity index (χ2n) is 5.72. The number of carbonyl (C=O) groups is 1. The van der Waals surface area contributed by atoms with Crippen molar-refractivity contribution in [1.82, 2.24) is 4.98 Å². The van der Waals surface area contributed by atoms with Gasteiger partial charge in [0.05, 0.1) is 12.8 Å². The maximum Gasteiger partial charge on any atom is 0.225 e. The number of nitrogens with one attached hydrogen (secondary N) is 1. The smallest absolute Gasteiger partial charge is 0.225 e. The Hall–Kier alpha value is -3.22. The molecule has 0 saturated heterocycles. The van der Waals surface area contributed by atoms with Crippen LogP contribution in [0, 0.1) is 11.6 Å². The summed E-state index contributed by atoms with van der Waals surface area (Å²) in [5, 5.41) is 2.23. The Morgan fingerprint density at radius 3 is 2.52 bits per heavy atom. The van der Waals surface area contributed by atoms with Gasteiger partial charge < -0.3 is 14.5 Å². The molecule has 5 nitrogen and oxygen atoms in total. The standard InChI is InChI=1S/C20H18F2N2O3/c1-2-26-14-8-6-13(7-9-14)17-12-23-19(27-17)11-10-18(25)24-20-15(21)4-3-5-16(20)22/h3-9,12H,2,10-11H2,1H3,(H,24,25). The SMILES string of the molecule is CCOc1ccc(-c2cnc(CCC(=O)Nc3c(F)cccc3F)o2)cc1. The van der Waals surface area contributed by atoms with E-state index in [1.807, 2.05) is 31.2 Å². The number of halogens is 2. The van der Waals surface area contributed by atoms with E-state index in [1.54, 1.807) is 6.20 Å². The van der Waals surface area contributed by atoms with Crippen LogP contribution in [0.1, 0.15) is 19.2 Å². The number of rotatable bonds is 7. The Morgan fingerprint density at radius 1 is 1.15 bits per heavy atom. The minimum absolute atomic E-state index is 0.0169. The molecule has 0 saturated carbocycles. The molecule has 3 aromatic rings. The number of amides is 1. The number of oxazole rings is 1. The first kappa shape index (κ1) is 18.6. The topological polar surface area (TPSA) is 64.4 Å². The Kier molecular flexibility index (Phi) is 5.80. The average molecular weight is 372 g/mol. The zero-order chi connectivity index (χ0) is 19.2. The van der Waals surface area contributed by atoms with Crippen LogP contribution >= 0.6 is 0 Å². The number of nitrogens with zero attached hydrogens (tertiary/aromatic N) is 1. The van der Waals surface area contributed by atoms with E-state index >= 15 is 0 Å². The molecule has 0 unspecified atom stereocenters. The summed E-state index contributed by atoms with van der Waals surface area (Å²) in [6, 6.07) is 10.8. The Labute approximate surface area is 155 Å². The lowest BCUT2D eigenvalue weighted by Gasteiger charge is -2.06. The van der Waals surface area contributed by atoms with E-state index in [4.69, 9.17) is 9.15 Å². The Balaban J connectivity index is 1.58. The van der Waals surface area contributed by atoms with Crippen LogP contribution in [0.3, 0.4) is 0 Å². The summed E-state index contributed by atoms with van der Waals surface area (Å²) in [4.78, 5) is 16.1. The maximum atomic E-state index is 13.5. The highest BCUT2D eigenvalue weighted by Gasteiger charge is 2.13. The van der Waals surface area contributed by atoms with E-state index in [2.05, 4.69) is 10.3 Å². The first-order valence-electron chi connectivity index (χ1n) is 8.48. The molecule has 1 aromatic heterocycles. The molecule has 0 bridgehead atoms. The summed E-state index contributed by atoms with van der Waals surface area (Å²) in [5.41, 5.74) is 0.375. The normalized spacial score (nSPS) is 10.6. The minimum atomic E-state index is -0.822. The van der Waals surface area contributed by atoms with Crippen molar-refractivity contribution < 1.29 is 22.7 Å². The first-order chi connectivity index (χ1) is 13.1. The maximum absolute atomic E-state index is 13.5. The molecule has 2 aromatic carbocycles. The number of para-hydroxylation sites is 1. The first-order valence-corrected chi connectivity index (χ1v) is 8.48. The van der Waals surface area contributed by atoms with Gasteiger partial charge in [0.25, 0.3) is 0 Å². The lowest BCUT2D eigenvalue weighted by molar-refractivity contribution is -0.116. The van der Waals surface area contributed by atoms with Crippen molar-refractivity contribution in [3.8, 4) is 17.1 Å². The summed E-state index contributed by atoms with van der Waals surface area (Å²) in [6.07, 6.45) is 1.76. The molecule has 1 N–H and O–H groups in total. The molecule has 0 radical (unpaired) electrons. The second-order valence-corrected chi connectivity index (χ2v) is 5.72. The zero-order valence-corrected chi connectivity index (χ0v) is 14.7. The molecule has 1 heterocycles. The van der Waals surface area contributed by atoms with Gasteiger partial charge in [0.15, 0.2) is 11.7 Å². The largest absolute Gasteiger partial charge is 0.494 e. The van der Waals surface area contributed by atoms with E-state index in [0.29, 0.717) is 18.3 Å². The summed E-state index contributed by atoms with van der Waals surface area (Å²) in [6.45, 7) is 2.50. The molecule has 7 heteroatoms. The molecule has 140 valence electrons. The lowest BCUT2D eigenvalue weighted by Crippen LogP contribution is -2.14. The Morgan fingerprint density at radius 2 is 1.85 bits per heavy atom. The number of aryl methyl sites for hydroxylation is 1. The number of benzene rings is 2. The summed E-state index contributed by atoms with van der Waals surface area (Å²) < 4.78 is 38.1. The fourth-order valence-corrected chi connectivity index (χ4v) is 2.48. The highest BCUT2D eigenvalue weighted by molar-refractivity contribution is 5.91. The van der Waals surface area contributed by atoms with Crippen LogP contribution in [0.2, 0.25) is 0 Å². The van der Waals surface area contributed by atoms with Gasteiger partial charge in [-0.3, -0.25) is 4.79 Å². The van der Waals surface area contributed by atoms with Gasteiger partial charge in [-0.25, -0.2) is 13.8 Å². The van der Waals surface area contributed by atoms with Crippen molar-refractivity contribution in [2.24, 2.45) is 0 Å². The molecule has 0 fully saturated rings. The number of ether oxygens (including phenoxy) is 1. The fraction of sp³-hybridized carbons (Fsp3) is 0.200. The third kappa shape index (κ3) is 4.69. The minimum Gasteiger partial charge on any atom is -0.494 e. The molecule has 27 heavy (non-hydrogen) atoms. The van der Waals surface area contributed by atoms with Crippen LogP contribution in [0.15, 0.2) is 53.1 Å². The number of carbonyl (C=O) groups excluding carboxylic acids is 1. The molecular weight excluding hydrogens is 354 g/mol. The summed E-state index contributed by atoms with van der Waals surface area (Å²) in [7, 11) is 0. The van der Waals surface area contributed by atoms with Crippen LogP contribution < -0.4 is 10.1 Å². The lowest BCUT2D eigenvalue weighted by atomic mass is 10.2. The second kappa shape index (κ2) is 8.44. The van der Waals surface area contributed by atoms with Crippen molar-refractivity contribution in [1.29, 1.82) is 0 Å². The van der Waals surface area contributed by atoms with Crippen molar-refractivity contribution >= 4 is 11.6 Å². The van der Waals surface area contributed by atoms with Gasteiger partial charge in [-0.2, -0.15) is 0 Å². The highest BCUT2D eigenvalue weighted by Crippen LogP contribution is 2.24. The predicted molar refractivity (Wildman–Crippen MR) is 96.4 cm³/mol. The molecule has 1 amide bonds. The van der Waals surface area contributed by atoms with Gasteiger partial charge >= 0.3 is 0 Å². The Bertz CT molecular complexity index is 903. The van der Waals surface area contributed by atoms with Crippen LogP contribution in [0.25, 0.3) is 11.3 Å². The van der Waals surface area contributed by atoms with E-state index < -0.39 is 23.2 Å².